The minimum Gasteiger partial charge on any atom is -0.345 e. The van der Waals surface area contributed by atoms with E-state index >= 15 is 0 Å². The van der Waals surface area contributed by atoms with Crippen molar-refractivity contribution in [2.24, 2.45) is 0 Å². The first-order valence-electron chi connectivity index (χ1n) is 6.70. The number of halogens is 2. The molecule has 1 unspecified atom stereocenters. The van der Waals surface area contributed by atoms with E-state index in [1.165, 1.54) is 0 Å². The van der Waals surface area contributed by atoms with Crippen molar-refractivity contribution in [3.8, 4) is 0 Å². The quantitative estimate of drug-likeness (QED) is 0.797. The van der Waals surface area contributed by atoms with Crippen molar-refractivity contribution in [1.82, 2.24) is 10.3 Å². The Bertz CT molecular complexity index is 623. The predicted octanol–water partition coefficient (Wildman–Crippen LogP) is 4.69. The molecule has 0 saturated carbocycles. The number of hydrogen-bond donors (Lipinski definition) is 1. The van der Waals surface area contributed by atoms with Crippen LogP contribution in [-0.2, 0) is 0 Å². The number of nitrogens with one attached hydrogen (secondary N) is 1. The minimum atomic E-state index is -0.142. The summed E-state index contributed by atoms with van der Waals surface area (Å²) in [5, 5.41) is 3.36. The number of carbonyl (C=O) groups is 1. The second-order valence-electron chi connectivity index (χ2n) is 4.81. The first-order valence-corrected chi connectivity index (χ1v) is 7.87. The van der Waals surface area contributed by atoms with Gasteiger partial charge in [-0.05, 0) is 43.2 Å². The second-order valence-corrected chi connectivity index (χ2v) is 6.11. The van der Waals surface area contributed by atoms with Crippen LogP contribution < -0.4 is 5.32 Å². The molecule has 1 atom stereocenters. The van der Waals surface area contributed by atoms with Crippen molar-refractivity contribution in [1.29, 1.82) is 0 Å². The summed E-state index contributed by atoms with van der Waals surface area (Å²) in [6.45, 7) is 3.85. The Kier molecular flexibility index (Phi) is 5.37. The zero-order valence-electron chi connectivity index (χ0n) is 11.9. The van der Waals surface area contributed by atoms with Crippen molar-refractivity contribution in [2.45, 2.75) is 26.3 Å². The summed E-state index contributed by atoms with van der Waals surface area (Å²) in [4.78, 5) is 16.4. The molecule has 0 aliphatic heterocycles. The largest absolute Gasteiger partial charge is 0.345 e. The molecule has 21 heavy (non-hydrogen) atoms. The maximum Gasteiger partial charge on any atom is 0.251 e. The number of pyridine rings is 1. The van der Waals surface area contributed by atoms with Crippen molar-refractivity contribution < 1.29 is 4.79 Å². The molecular formula is C16H16BrClN2O. The third-order valence-electron chi connectivity index (χ3n) is 3.17. The molecule has 0 saturated heterocycles. The topological polar surface area (TPSA) is 42.0 Å². The van der Waals surface area contributed by atoms with Crippen molar-refractivity contribution in [3.05, 3.63) is 62.8 Å². The number of amides is 1. The molecule has 2 rings (SSSR count). The highest BCUT2D eigenvalue weighted by Gasteiger charge is 2.15. The number of aromatic nitrogens is 1. The molecule has 3 nitrogen and oxygen atoms in total. The molecule has 1 amide bonds. The summed E-state index contributed by atoms with van der Waals surface area (Å²) in [7, 11) is 0. The van der Waals surface area contributed by atoms with Crippen molar-refractivity contribution >= 4 is 33.4 Å². The molecule has 1 heterocycles. The van der Waals surface area contributed by atoms with Crippen LogP contribution in [0.4, 0.5) is 0 Å². The van der Waals surface area contributed by atoms with Gasteiger partial charge in [0.05, 0.1) is 6.04 Å². The average molecular weight is 368 g/mol. The molecule has 0 aliphatic carbocycles. The van der Waals surface area contributed by atoms with Gasteiger partial charge < -0.3 is 5.32 Å². The number of nitrogens with zero attached hydrogens (tertiary/aromatic N) is 1. The van der Waals surface area contributed by atoms with E-state index in [2.05, 4.69) is 26.2 Å². The molecule has 0 fully saturated rings. The van der Waals surface area contributed by atoms with Crippen LogP contribution in [0.15, 0.2) is 40.9 Å². The lowest BCUT2D eigenvalue weighted by Gasteiger charge is -2.18. The van der Waals surface area contributed by atoms with E-state index in [9.17, 15) is 4.79 Å². The van der Waals surface area contributed by atoms with Crippen molar-refractivity contribution in [2.75, 3.05) is 0 Å². The summed E-state index contributed by atoms with van der Waals surface area (Å²) < 4.78 is 1.02. The van der Waals surface area contributed by atoms with Crippen LogP contribution in [0.2, 0.25) is 5.15 Å². The second kappa shape index (κ2) is 7.05. The van der Waals surface area contributed by atoms with Crippen LogP contribution >= 0.6 is 27.5 Å². The zero-order valence-corrected chi connectivity index (χ0v) is 14.2. The van der Waals surface area contributed by atoms with Gasteiger partial charge in [-0.2, -0.15) is 0 Å². The van der Waals surface area contributed by atoms with E-state index in [0.29, 0.717) is 10.7 Å². The zero-order chi connectivity index (χ0) is 15.4. The van der Waals surface area contributed by atoms with E-state index in [1.54, 1.807) is 12.1 Å². The van der Waals surface area contributed by atoms with Gasteiger partial charge in [0, 0.05) is 15.7 Å². The fourth-order valence-electron chi connectivity index (χ4n) is 2.12. The predicted molar refractivity (Wildman–Crippen MR) is 88.6 cm³/mol. The molecule has 0 radical (unpaired) electrons. The Morgan fingerprint density at radius 3 is 2.57 bits per heavy atom. The molecule has 0 bridgehead atoms. The van der Waals surface area contributed by atoms with Gasteiger partial charge in [0.25, 0.3) is 5.91 Å². The summed E-state index contributed by atoms with van der Waals surface area (Å²) in [5.74, 6) is -0.142. The van der Waals surface area contributed by atoms with Crippen LogP contribution in [0, 0.1) is 6.92 Å². The molecule has 1 N–H and O–H groups in total. The lowest BCUT2D eigenvalue weighted by molar-refractivity contribution is 0.0935. The van der Waals surface area contributed by atoms with E-state index in [0.717, 1.165) is 22.2 Å². The molecule has 1 aromatic heterocycles. The summed E-state index contributed by atoms with van der Waals surface area (Å²) in [6.07, 6.45) is 0.811. The first-order chi connectivity index (χ1) is 9.99. The number of benzene rings is 1. The highest BCUT2D eigenvalue weighted by molar-refractivity contribution is 9.10. The monoisotopic (exact) mass is 366 g/mol. The van der Waals surface area contributed by atoms with Gasteiger partial charge in [0.1, 0.15) is 5.15 Å². The van der Waals surface area contributed by atoms with Crippen molar-refractivity contribution in [3.63, 3.8) is 0 Å². The van der Waals surface area contributed by atoms with E-state index < -0.39 is 0 Å². The first kappa shape index (κ1) is 16.0. The lowest BCUT2D eigenvalue weighted by Crippen LogP contribution is -2.28. The Morgan fingerprint density at radius 2 is 2.00 bits per heavy atom. The molecule has 1 aromatic carbocycles. The smallest absolute Gasteiger partial charge is 0.251 e. The Balaban J connectivity index is 2.18. The van der Waals surface area contributed by atoms with Crippen LogP contribution in [0.3, 0.4) is 0 Å². The fourth-order valence-corrected chi connectivity index (χ4v) is 2.63. The lowest BCUT2D eigenvalue weighted by atomic mass is 10.0. The Labute approximate surface area is 137 Å². The van der Waals surface area contributed by atoms with E-state index in [1.807, 2.05) is 38.1 Å². The van der Waals surface area contributed by atoms with Gasteiger partial charge in [-0.15, -0.1) is 0 Å². The normalized spacial score (nSPS) is 12.0. The molecular weight excluding hydrogens is 352 g/mol. The number of rotatable bonds is 4. The highest BCUT2D eigenvalue weighted by atomic mass is 79.9. The maximum absolute atomic E-state index is 12.4. The third kappa shape index (κ3) is 4.29. The summed E-state index contributed by atoms with van der Waals surface area (Å²) >= 11 is 9.31. The maximum atomic E-state index is 12.4. The van der Waals surface area contributed by atoms with Crippen LogP contribution in [0.5, 0.6) is 0 Å². The average Bonchev–Trinajstić information content (AvgIpc) is 2.44. The van der Waals surface area contributed by atoms with Crippen LogP contribution in [0.25, 0.3) is 0 Å². The molecule has 2 aromatic rings. The Hall–Kier alpha value is -1.39. The van der Waals surface area contributed by atoms with Crippen LogP contribution in [0.1, 0.15) is 41.0 Å². The van der Waals surface area contributed by atoms with Gasteiger partial charge in [-0.3, -0.25) is 4.79 Å². The van der Waals surface area contributed by atoms with Gasteiger partial charge >= 0.3 is 0 Å². The molecule has 5 heteroatoms. The Morgan fingerprint density at radius 1 is 1.33 bits per heavy atom. The SMILES string of the molecule is CCC(NC(=O)c1cc(C)nc(Cl)c1)c1ccc(Br)cc1. The standard InChI is InChI=1S/C16H16BrClN2O/c1-3-14(11-4-6-13(17)7-5-11)20-16(21)12-8-10(2)19-15(18)9-12/h4-9,14H,3H2,1-2H3,(H,20,21). The number of hydrogen-bond acceptors (Lipinski definition) is 2. The molecule has 0 aliphatic rings. The summed E-state index contributed by atoms with van der Waals surface area (Å²) in [5.41, 5.74) is 2.33. The number of carbonyl (C=O) groups excluding carboxylic acids is 1. The van der Waals surface area contributed by atoms with Gasteiger partial charge in [-0.1, -0.05) is 46.6 Å². The van der Waals surface area contributed by atoms with Crippen LogP contribution in [-0.4, -0.2) is 10.9 Å². The van der Waals surface area contributed by atoms with Gasteiger partial charge in [-0.25, -0.2) is 4.98 Å². The minimum absolute atomic E-state index is 0.0298. The highest BCUT2D eigenvalue weighted by Crippen LogP contribution is 2.20. The van der Waals surface area contributed by atoms with Gasteiger partial charge in [0.2, 0.25) is 0 Å². The van der Waals surface area contributed by atoms with E-state index in [4.69, 9.17) is 11.6 Å². The summed E-state index contributed by atoms with van der Waals surface area (Å²) in [6, 6.07) is 11.2. The fraction of sp³-hybridized carbons (Fsp3) is 0.250. The third-order valence-corrected chi connectivity index (χ3v) is 3.89. The van der Waals surface area contributed by atoms with Gasteiger partial charge in [0.15, 0.2) is 0 Å². The van der Waals surface area contributed by atoms with E-state index in [-0.39, 0.29) is 11.9 Å². The number of aryl methyl sites for hydroxylation is 1. The molecule has 110 valence electrons. The molecule has 0 spiro atoms.